The van der Waals surface area contributed by atoms with E-state index in [-0.39, 0.29) is 5.57 Å². The maximum atomic E-state index is 10.4. The Kier molecular flexibility index (Phi) is 2.60. The van der Waals surface area contributed by atoms with Gasteiger partial charge < -0.3 is 0 Å². The second-order valence-corrected chi connectivity index (χ2v) is 1.55. The molecule has 0 rings (SSSR count). The Morgan fingerprint density at radius 3 is 2.11 bits per heavy atom. The smallest absolute Gasteiger partial charge is 0.288 e. The van der Waals surface area contributed by atoms with Gasteiger partial charge in [0.25, 0.3) is 0 Å². The topological polar surface area (TPSA) is 66.4 Å². The first kappa shape index (κ1) is 7.84. The zero-order valence-electron chi connectivity index (χ0n) is 4.97. The first-order valence-electron chi connectivity index (χ1n) is 2.24. The third-order valence-corrected chi connectivity index (χ3v) is 0.695. The lowest BCUT2D eigenvalue weighted by molar-refractivity contribution is -0.141. The maximum absolute atomic E-state index is 10.4. The molecule has 0 aliphatic carbocycles. The van der Waals surface area contributed by atoms with Gasteiger partial charge in [0.2, 0.25) is 5.78 Å². The third-order valence-electron chi connectivity index (χ3n) is 0.695. The molecule has 0 atom stereocenters. The Morgan fingerprint density at radius 2 is 2.00 bits per heavy atom. The van der Waals surface area contributed by atoms with Crippen molar-refractivity contribution < 1.29 is 14.8 Å². The number of carbonyl (C=O) groups is 2. The van der Waals surface area contributed by atoms with Crippen molar-refractivity contribution in [3.05, 3.63) is 12.2 Å². The van der Waals surface area contributed by atoms with Gasteiger partial charge in [0.1, 0.15) is 0 Å². The molecule has 4 nitrogen and oxygen atoms in total. The highest BCUT2D eigenvalue weighted by molar-refractivity contribution is 6.41. The summed E-state index contributed by atoms with van der Waals surface area (Å²) in [5.41, 5.74) is 1.30. The van der Waals surface area contributed by atoms with Gasteiger partial charge in [-0.15, -0.1) is 0 Å². The largest absolute Gasteiger partial charge is 0.315 e. The number of Topliss-reactive ketones (excluding diaryl/α,β-unsaturated/α-hetero) is 1. The summed E-state index contributed by atoms with van der Waals surface area (Å²) in [5, 5.41) is 7.89. The van der Waals surface area contributed by atoms with E-state index in [4.69, 9.17) is 5.21 Å². The van der Waals surface area contributed by atoms with E-state index in [1.807, 2.05) is 0 Å². The van der Waals surface area contributed by atoms with Crippen molar-refractivity contribution in [3.63, 3.8) is 0 Å². The first-order valence-corrected chi connectivity index (χ1v) is 2.24. The van der Waals surface area contributed by atoms with Crippen molar-refractivity contribution in [1.82, 2.24) is 5.48 Å². The molecule has 0 spiro atoms. The molecule has 0 unspecified atom stereocenters. The average Bonchev–Trinajstić information content (AvgIpc) is 1.84. The van der Waals surface area contributed by atoms with Crippen molar-refractivity contribution in [2.45, 2.75) is 6.92 Å². The number of hydroxylamine groups is 1. The summed E-state index contributed by atoms with van der Waals surface area (Å²) in [6, 6.07) is 0. The van der Waals surface area contributed by atoms with Crippen molar-refractivity contribution in [3.8, 4) is 0 Å². The maximum Gasteiger partial charge on any atom is 0.315 e. The van der Waals surface area contributed by atoms with Gasteiger partial charge in [0.05, 0.1) is 0 Å². The highest BCUT2D eigenvalue weighted by atomic mass is 16.5. The zero-order valence-corrected chi connectivity index (χ0v) is 4.97. The molecule has 0 fully saturated rings. The molecule has 1 amide bonds. The van der Waals surface area contributed by atoms with Crippen molar-refractivity contribution >= 4 is 11.7 Å². The van der Waals surface area contributed by atoms with Gasteiger partial charge in [0, 0.05) is 0 Å². The van der Waals surface area contributed by atoms with E-state index in [2.05, 4.69) is 6.58 Å². The summed E-state index contributed by atoms with van der Waals surface area (Å²) in [6.07, 6.45) is 0. The summed E-state index contributed by atoms with van der Waals surface area (Å²) < 4.78 is 0. The molecule has 9 heavy (non-hydrogen) atoms. The molecule has 0 aromatic carbocycles. The molecule has 0 bridgehead atoms. The third kappa shape index (κ3) is 2.05. The van der Waals surface area contributed by atoms with Crippen LogP contribution in [0.25, 0.3) is 0 Å². The minimum atomic E-state index is -1.05. The minimum absolute atomic E-state index is 0.0987. The highest BCUT2D eigenvalue weighted by Gasteiger charge is 2.11. The Labute approximate surface area is 52.1 Å². The van der Waals surface area contributed by atoms with Crippen LogP contribution in [-0.4, -0.2) is 16.9 Å². The van der Waals surface area contributed by atoms with Gasteiger partial charge in [-0.05, 0) is 12.5 Å². The second kappa shape index (κ2) is 2.99. The number of nitrogens with one attached hydrogen (secondary N) is 1. The van der Waals surface area contributed by atoms with Crippen LogP contribution >= 0.6 is 0 Å². The Morgan fingerprint density at radius 1 is 1.56 bits per heavy atom. The van der Waals surface area contributed by atoms with Gasteiger partial charge in [-0.3, -0.25) is 14.8 Å². The molecule has 0 aromatic rings. The molecule has 0 saturated carbocycles. The summed E-state index contributed by atoms with van der Waals surface area (Å²) >= 11 is 0. The van der Waals surface area contributed by atoms with Crippen LogP contribution in [0, 0.1) is 0 Å². The normalized spacial score (nSPS) is 8.22. The lowest BCUT2D eigenvalue weighted by atomic mass is 10.2. The van der Waals surface area contributed by atoms with Crippen LogP contribution in [0.1, 0.15) is 6.92 Å². The molecule has 0 aromatic heterocycles. The molecule has 2 N–H and O–H groups in total. The van der Waals surface area contributed by atoms with E-state index in [1.165, 1.54) is 12.4 Å². The Hall–Kier alpha value is -1.16. The number of amides is 1. The van der Waals surface area contributed by atoms with E-state index in [1.54, 1.807) is 0 Å². The van der Waals surface area contributed by atoms with Gasteiger partial charge in [-0.1, -0.05) is 6.58 Å². The zero-order chi connectivity index (χ0) is 7.44. The van der Waals surface area contributed by atoms with Crippen LogP contribution < -0.4 is 5.48 Å². The van der Waals surface area contributed by atoms with Crippen LogP contribution in [-0.2, 0) is 9.59 Å². The fraction of sp³-hybridized carbons (Fsp3) is 0.200. The van der Waals surface area contributed by atoms with Gasteiger partial charge in [-0.2, -0.15) is 0 Å². The number of carbonyl (C=O) groups excluding carboxylic acids is 2. The number of rotatable bonds is 2. The number of hydrogen-bond acceptors (Lipinski definition) is 3. The number of hydrogen-bond donors (Lipinski definition) is 2. The van der Waals surface area contributed by atoms with E-state index in [9.17, 15) is 9.59 Å². The molecule has 0 radical (unpaired) electrons. The minimum Gasteiger partial charge on any atom is -0.288 e. The van der Waals surface area contributed by atoms with E-state index >= 15 is 0 Å². The molecular weight excluding hydrogens is 122 g/mol. The monoisotopic (exact) mass is 129 g/mol. The Bertz CT molecular complexity index is 162. The average molecular weight is 129 g/mol. The van der Waals surface area contributed by atoms with Crippen LogP contribution in [0.5, 0.6) is 0 Å². The summed E-state index contributed by atoms with van der Waals surface area (Å²) in [4.78, 5) is 20.6. The SMILES string of the molecule is C=C(C)C(=O)C(=O)NO. The molecular formula is C5H7NO3. The lowest BCUT2D eigenvalue weighted by Gasteiger charge is -1.93. The molecule has 0 aliphatic heterocycles. The fourth-order valence-electron chi connectivity index (χ4n) is 0.245. The van der Waals surface area contributed by atoms with Crippen LogP contribution in [0.4, 0.5) is 0 Å². The van der Waals surface area contributed by atoms with Crippen LogP contribution in [0.2, 0.25) is 0 Å². The van der Waals surface area contributed by atoms with Gasteiger partial charge in [-0.25, -0.2) is 5.48 Å². The lowest BCUT2D eigenvalue weighted by Crippen LogP contribution is -2.28. The predicted molar refractivity (Wildman–Crippen MR) is 29.8 cm³/mol. The van der Waals surface area contributed by atoms with Crippen molar-refractivity contribution in [2.75, 3.05) is 0 Å². The standard InChI is InChI=1S/C5H7NO3/c1-3(2)4(7)5(8)6-9/h9H,1H2,2H3,(H,6,8). The molecule has 50 valence electrons. The quantitative estimate of drug-likeness (QED) is 0.231. The van der Waals surface area contributed by atoms with Crippen molar-refractivity contribution in [1.29, 1.82) is 0 Å². The summed E-state index contributed by atoms with van der Waals surface area (Å²) in [7, 11) is 0. The van der Waals surface area contributed by atoms with Gasteiger partial charge in [0.15, 0.2) is 0 Å². The fourth-order valence-corrected chi connectivity index (χ4v) is 0.245. The molecule has 4 heteroatoms. The predicted octanol–water partition coefficient (Wildman–Crippen LogP) is -0.363. The first-order chi connectivity index (χ1) is 4.09. The van der Waals surface area contributed by atoms with Crippen molar-refractivity contribution in [2.24, 2.45) is 0 Å². The molecule has 0 aliphatic rings. The van der Waals surface area contributed by atoms with Gasteiger partial charge >= 0.3 is 5.91 Å². The second-order valence-electron chi connectivity index (χ2n) is 1.55. The van der Waals surface area contributed by atoms with E-state index < -0.39 is 11.7 Å². The molecule has 0 saturated heterocycles. The van der Waals surface area contributed by atoms with E-state index in [0.29, 0.717) is 0 Å². The van der Waals surface area contributed by atoms with Crippen LogP contribution in [0.3, 0.4) is 0 Å². The van der Waals surface area contributed by atoms with Crippen LogP contribution in [0.15, 0.2) is 12.2 Å². The van der Waals surface area contributed by atoms with E-state index in [0.717, 1.165) is 0 Å². The highest BCUT2D eigenvalue weighted by Crippen LogP contribution is 1.87. The molecule has 0 heterocycles. The Balaban J connectivity index is 4.05. The summed E-state index contributed by atoms with van der Waals surface area (Å²) in [5.74, 6) is -1.86. The summed E-state index contributed by atoms with van der Waals surface area (Å²) in [6.45, 7) is 4.59. The number of ketones is 1.